The molecular weight excluding hydrogens is 809 g/mol. The van der Waals surface area contributed by atoms with Crippen molar-refractivity contribution in [3.05, 3.63) is 108 Å². The Morgan fingerprint density at radius 2 is 1.66 bits per heavy atom. The number of hydrogen-bond acceptors (Lipinski definition) is 3. The van der Waals surface area contributed by atoms with Crippen LogP contribution in [0.4, 0.5) is 0 Å². The summed E-state index contributed by atoms with van der Waals surface area (Å²) in [6.45, 7) is 13.1. The average molecular weight is 853 g/mol. The number of hydrogen-bond donors (Lipinski definition) is 0. The Morgan fingerprint density at radius 1 is 0.886 bits per heavy atom. The molecule has 3 aromatic carbocycles. The third-order valence-corrected chi connectivity index (χ3v) is 15.4. The first-order valence-corrected chi connectivity index (χ1v) is 26.6. The van der Waals surface area contributed by atoms with Gasteiger partial charge in [0.1, 0.15) is 0 Å². The molecule has 44 heavy (non-hydrogen) atoms. The number of benzene rings is 3. The van der Waals surface area contributed by atoms with E-state index in [1.165, 1.54) is 30.9 Å². The second-order valence-electron chi connectivity index (χ2n) is 13.5. The minimum Gasteiger partial charge on any atom is 0 e. The molecule has 6 aromatic rings. The van der Waals surface area contributed by atoms with E-state index in [1.54, 1.807) is 4.40 Å². The van der Waals surface area contributed by atoms with Crippen LogP contribution in [0.25, 0.3) is 42.7 Å². The summed E-state index contributed by atoms with van der Waals surface area (Å²) >= 11 is -0.153. The zero-order valence-electron chi connectivity index (χ0n) is 28.2. The van der Waals surface area contributed by atoms with Crippen molar-refractivity contribution >= 4 is 62.4 Å². The molecule has 0 amide bonds. The predicted molar refractivity (Wildman–Crippen MR) is 195 cm³/mol. The molecule has 6 heteroatoms. The van der Waals surface area contributed by atoms with Gasteiger partial charge in [0.15, 0.2) is 0 Å². The normalized spacial score (nSPS) is 12.3. The second-order valence-corrected chi connectivity index (χ2v) is 30.1. The zero-order chi connectivity index (χ0) is 31.9. The molecule has 3 heterocycles. The Balaban J connectivity index is 0.000000222. The summed E-state index contributed by atoms with van der Waals surface area (Å²) in [4.78, 5) is 9.20. The zero-order valence-corrected chi connectivity index (χ0v) is 33.5. The van der Waals surface area contributed by atoms with Crippen molar-refractivity contribution in [3.8, 4) is 22.5 Å². The molecular formula is C38H42GeIrN2SSi-2. The number of thiophene rings is 1. The molecule has 2 nitrogen and oxygen atoms in total. The van der Waals surface area contributed by atoms with Crippen LogP contribution < -0.4 is 9.58 Å². The molecule has 0 fully saturated rings. The molecule has 0 spiro atoms. The SMILES string of the molecule is Cc1cc(-c2[c-]cccc2)ncc1[Si](C)(C)C.[2H]C(C)(C)c1ccnc(-c2[c-]ccc3c2sc2ccc[c]([Ge]([CH3])([CH3])[CH3])c23)c1.[Ir]. The summed E-state index contributed by atoms with van der Waals surface area (Å²) in [6, 6.07) is 31.8. The van der Waals surface area contributed by atoms with E-state index in [4.69, 9.17) is 1.37 Å². The van der Waals surface area contributed by atoms with Crippen LogP contribution in [0, 0.1) is 19.1 Å². The molecule has 229 valence electrons. The average Bonchev–Trinajstić information content (AvgIpc) is 3.35. The molecule has 0 saturated heterocycles. The maximum Gasteiger partial charge on any atom is 0 e. The first kappa shape index (κ1) is 33.0. The molecule has 0 bridgehead atoms. The molecule has 6 rings (SSSR count). The van der Waals surface area contributed by atoms with E-state index >= 15 is 0 Å². The number of pyridine rings is 2. The van der Waals surface area contributed by atoms with E-state index in [-0.39, 0.29) is 20.1 Å². The Morgan fingerprint density at radius 3 is 2.30 bits per heavy atom. The summed E-state index contributed by atoms with van der Waals surface area (Å²) < 4.78 is 12.5. The third kappa shape index (κ3) is 7.51. The van der Waals surface area contributed by atoms with Gasteiger partial charge in [-0.2, -0.15) is 0 Å². The van der Waals surface area contributed by atoms with Gasteiger partial charge in [-0.1, -0.05) is 31.3 Å². The summed E-state index contributed by atoms with van der Waals surface area (Å²) in [5.74, 6) is 6.72. The standard InChI is InChI=1S/C23H24GeNS.C15H18NSi.Ir/c1-15(2)16-12-13-25-20(14-16)17-8-6-9-18-22-19(24(3,4)5)10-7-11-21(22)26-23(17)18;1-12-10-14(13-8-6-5-7-9-13)16-11-15(12)17(2,3)4;/h6-7,9-15H,1-5H3;5-8,10-11H,1-4H3;/q2*-1;/i15D;;. The molecule has 0 N–H and O–H groups in total. The first-order chi connectivity index (χ1) is 20.6. The van der Waals surface area contributed by atoms with Gasteiger partial charge in [-0.15, -0.1) is 35.9 Å². The number of aromatic nitrogens is 2. The van der Waals surface area contributed by atoms with Crippen molar-refractivity contribution in [1.82, 2.24) is 9.97 Å². The van der Waals surface area contributed by atoms with Crippen LogP contribution in [-0.2, 0) is 20.1 Å². The van der Waals surface area contributed by atoms with Gasteiger partial charge in [-0.25, -0.2) is 0 Å². The van der Waals surface area contributed by atoms with Crippen LogP contribution in [0.3, 0.4) is 0 Å². The fourth-order valence-electron chi connectivity index (χ4n) is 5.53. The minimum atomic E-state index is -1.99. The molecule has 0 saturated carbocycles. The monoisotopic (exact) mass is 854 g/mol. The molecule has 0 aliphatic rings. The number of nitrogens with zero attached hydrogens (tertiary/aromatic N) is 2. The summed E-state index contributed by atoms with van der Waals surface area (Å²) in [5.41, 5.74) is 6.37. The van der Waals surface area contributed by atoms with Crippen molar-refractivity contribution in [1.29, 1.82) is 0 Å². The number of rotatable bonds is 5. The quantitative estimate of drug-likeness (QED) is 0.128. The first-order valence-electron chi connectivity index (χ1n) is 15.4. The fourth-order valence-corrected chi connectivity index (χ4v) is 12.0. The molecule has 0 atom stereocenters. The van der Waals surface area contributed by atoms with Crippen LogP contribution >= 0.6 is 11.3 Å². The predicted octanol–water partition coefficient (Wildman–Crippen LogP) is 9.99. The van der Waals surface area contributed by atoms with Crippen LogP contribution in [0.15, 0.2) is 85.2 Å². The molecule has 0 aliphatic carbocycles. The van der Waals surface area contributed by atoms with E-state index in [1.807, 2.05) is 67.8 Å². The van der Waals surface area contributed by atoms with Crippen molar-refractivity contribution in [3.63, 3.8) is 0 Å². The van der Waals surface area contributed by atoms with E-state index < -0.39 is 27.2 Å². The molecule has 0 aliphatic heterocycles. The van der Waals surface area contributed by atoms with Gasteiger partial charge in [0.2, 0.25) is 0 Å². The number of fused-ring (bicyclic) bond motifs is 3. The third-order valence-electron chi connectivity index (χ3n) is 7.76. The van der Waals surface area contributed by atoms with Crippen molar-refractivity contribution < 1.29 is 21.5 Å². The van der Waals surface area contributed by atoms with Crippen LogP contribution in [-0.4, -0.2) is 31.3 Å². The summed E-state index contributed by atoms with van der Waals surface area (Å²) in [5, 5.41) is 4.19. The topological polar surface area (TPSA) is 25.8 Å². The van der Waals surface area contributed by atoms with Gasteiger partial charge in [0.25, 0.3) is 0 Å². The fraction of sp³-hybridized carbons (Fsp3) is 0.263. The smallest absolute Gasteiger partial charge is 0 e. The van der Waals surface area contributed by atoms with Gasteiger partial charge < -0.3 is 4.98 Å². The van der Waals surface area contributed by atoms with Gasteiger partial charge in [0, 0.05) is 26.3 Å². The Labute approximate surface area is 286 Å². The van der Waals surface area contributed by atoms with E-state index in [9.17, 15) is 0 Å². The van der Waals surface area contributed by atoms with E-state index in [0.29, 0.717) is 0 Å². The Kier molecular flexibility index (Phi) is 10.4. The van der Waals surface area contributed by atoms with Gasteiger partial charge in [0.05, 0.1) is 8.07 Å². The largest absolute Gasteiger partial charge is 0 e. The number of aryl methyl sites for hydroxylation is 1. The van der Waals surface area contributed by atoms with Gasteiger partial charge in [-0.3, -0.25) is 0 Å². The Bertz CT molecular complexity index is 1940. The van der Waals surface area contributed by atoms with Crippen LogP contribution in [0.5, 0.6) is 0 Å². The van der Waals surface area contributed by atoms with Crippen LogP contribution in [0.2, 0.25) is 36.9 Å². The second kappa shape index (κ2) is 13.9. The van der Waals surface area contributed by atoms with E-state index in [0.717, 1.165) is 28.1 Å². The van der Waals surface area contributed by atoms with Crippen molar-refractivity contribution in [2.24, 2.45) is 0 Å². The van der Waals surface area contributed by atoms with Crippen LogP contribution in [0.1, 0.15) is 32.2 Å². The van der Waals surface area contributed by atoms with Gasteiger partial charge in [-0.05, 0) is 17.8 Å². The summed E-state index contributed by atoms with van der Waals surface area (Å²) in [7, 11) is -1.27. The molecule has 3 aromatic heterocycles. The molecule has 1 radical (unpaired) electrons. The van der Waals surface area contributed by atoms with E-state index in [2.05, 4.69) is 109 Å². The Hall–Kier alpha value is -2.41. The van der Waals surface area contributed by atoms with Crippen molar-refractivity contribution in [2.75, 3.05) is 0 Å². The van der Waals surface area contributed by atoms with Gasteiger partial charge >= 0.3 is 164 Å². The van der Waals surface area contributed by atoms with Crippen molar-refractivity contribution in [2.45, 2.75) is 63.6 Å². The summed E-state index contributed by atoms with van der Waals surface area (Å²) in [6.07, 6.45) is 3.87. The maximum absolute atomic E-state index is 8.35. The minimum absolute atomic E-state index is 0. The maximum atomic E-state index is 8.35. The molecule has 0 unspecified atom stereocenters.